The quantitative estimate of drug-likeness (QED) is 0.588. The molecule has 0 atom stereocenters. The summed E-state index contributed by atoms with van der Waals surface area (Å²) in [5, 5.41) is 0. The molecule has 1 saturated heterocycles. The molecule has 9 heteroatoms. The molecule has 0 N–H and O–H groups in total. The summed E-state index contributed by atoms with van der Waals surface area (Å²) in [6.45, 7) is 2.53. The van der Waals surface area contributed by atoms with Crippen molar-refractivity contribution in [2.24, 2.45) is 0 Å². The predicted molar refractivity (Wildman–Crippen MR) is 110 cm³/mol. The van der Waals surface area contributed by atoms with Crippen molar-refractivity contribution in [2.75, 3.05) is 38.5 Å². The largest absolute Gasteiger partial charge is 0.301 e. The molecule has 1 fully saturated rings. The Morgan fingerprint density at radius 1 is 0.828 bits per heavy atom. The Balaban J connectivity index is 1.45. The lowest BCUT2D eigenvalue weighted by Gasteiger charge is -2.34. The Kier molecular flexibility index (Phi) is 7.05. The van der Waals surface area contributed by atoms with Gasteiger partial charge in [-0.15, -0.1) is 0 Å². The number of rotatable bonds is 8. The fraction of sp³-hybridized carbons (Fsp3) is 0.400. The molecular formula is C20H25FN2O4S2. The summed E-state index contributed by atoms with van der Waals surface area (Å²) in [7, 11) is -6.81. The number of sulfone groups is 1. The van der Waals surface area contributed by atoms with Gasteiger partial charge in [-0.1, -0.05) is 30.3 Å². The third-order valence-corrected chi connectivity index (χ3v) is 8.64. The zero-order chi connectivity index (χ0) is 20.9. The molecule has 0 aliphatic carbocycles. The lowest BCUT2D eigenvalue weighted by molar-refractivity contribution is 0.189. The maximum atomic E-state index is 13.0. The number of halogens is 1. The Bertz CT molecular complexity index is 1000. The van der Waals surface area contributed by atoms with Crippen LogP contribution in [0.1, 0.15) is 12.0 Å². The molecule has 158 valence electrons. The Labute approximate surface area is 171 Å². The van der Waals surface area contributed by atoms with Crippen LogP contribution in [-0.4, -0.2) is 64.5 Å². The van der Waals surface area contributed by atoms with Gasteiger partial charge in [0, 0.05) is 26.2 Å². The molecule has 1 aliphatic heterocycles. The molecule has 1 aliphatic rings. The van der Waals surface area contributed by atoms with Gasteiger partial charge in [0.05, 0.1) is 16.4 Å². The van der Waals surface area contributed by atoms with E-state index < -0.39 is 25.7 Å². The predicted octanol–water partition coefficient (Wildman–Crippen LogP) is 2.14. The highest BCUT2D eigenvalue weighted by atomic mass is 32.2. The van der Waals surface area contributed by atoms with Gasteiger partial charge in [-0.3, -0.25) is 0 Å². The molecule has 0 radical (unpaired) electrons. The van der Waals surface area contributed by atoms with Crippen molar-refractivity contribution in [2.45, 2.75) is 17.1 Å². The standard InChI is InChI=1S/C20H25FN2O4S2/c21-19-7-9-20(10-8-19)28(24,25)16-4-11-22-12-14-23(15-13-22)29(26,27)17-18-5-2-1-3-6-18/h1-3,5-10H,4,11-17H2. The molecule has 0 saturated carbocycles. The minimum absolute atomic E-state index is 0.0102. The van der Waals surface area contributed by atoms with Crippen molar-refractivity contribution in [3.8, 4) is 0 Å². The van der Waals surface area contributed by atoms with Gasteiger partial charge in [0.1, 0.15) is 5.82 Å². The van der Waals surface area contributed by atoms with Crippen LogP contribution in [0.3, 0.4) is 0 Å². The first-order valence-corrected chi connectivity index (χ1v) is 12.7. The van der Waals surface area contributed by atoms with Gasteiger partial charge < -0.3 is 4.90 Å². The number of piperazine rings is 1. The highest BCUT2D eigenvalue weighted by molar-refractivity contribution is 7.91. The Hall–Kier alpha value is -1.81. The van der Waals surface area contributed by atoms with E-state index in [0.29, 0.717) is 39.1 Å². The van der Waals surface area contributed by atoms with Crippen LogP contribution in [0.5, 0.6) is 0 Å². The van der Waals surface area contributed by atoms with Crippen LogP contribution >= 0.6 is 0 Å². The van der Waals surface area contributed by atoms with Crippen molar-refractivity contribution < 1.29 is 21.2 Å². The summed E-state index contributed by atoms with van der Waals surface area (Å²) < 4.78 is 64.3. The minimum Gasteiger partial charge on any atom is -0.301 e. The van der Waals surface area contributed by atoms with E-state index in [1.165, 1.54) is 16.4 Å². The van der Waals surface area contributed by atoms with Crippen LogP contribution in [-0.2, 0) is 25.6 Å². The molecule has 2 aromatic carbocycles. The van der Waals surface area contributed by atoms with Crippen LogP contribution in [0, 0.1) is 5.82 Å². The van der Waals surface area contributed by atoms with Crippen molar-refractivity contribution in [1.82, 2.24) is 9.21 Å². The number of nitrogens with zero attached hydrogens (tertiary/aromatic N) is 2. The summed E-state index contributed by atoms with van der Waals surface area (Å²) in [4.78, 5) is 2.20. The first-order valence-electron chi connectivity index (χ1n) is 9.49. The van der Waals surface area contributed by atoms with E-state index >= 15 is 0 Å². The van der Waals surface area contributed by atoms with Crippen LogP contribution in [0.15, 0.2) is 59.5 Å². The lowest BCUT2D eigenvalue weighted by atomic mass is 10.2. The molecule has 6 nitrogen and oxygen atoms in total. The second-order valence-electron chi connectivity index (χ2n) is 7.11. The van der Waals surface area contributed by atoms with Gasteiger partial charge in [0.2, 0.25) is 10.0 Å². The summed E-state index contributed by atoms with van der Waals surface area (Å²) in [5.74, 6) is -0.501. The molecule has 29 heavy (non-hydrogen) atoms. The van der Waals surface area contributed by atoms with Gasteiger partial charge in [0.15, 0.2) is 9.84 Å². The molecule has 1 heterocycles. The van der Waals surface area contributed by atoms with Crippen molar-refractivity contribution in [3.05, 3.63) is 66.0 Å². The van der Waals surface area contributed by atoms with E-state index in [4.69, 9.17) is 0 Å². The van der Waals surface area contributed by atoms with Crippen LogP contribution < -0.4 is 0 Å². The van der Waals surface area contributed by atoms with Crippen LogP contribution in [0.2, 0.25) is 0 Å². The van der Waals surface area contributed by atoms with Crippen molar-refractivity contribution in [1.29, 1.82) is 0 Å². The second kappa shape index (κ2) is 9.34. The highest BCUT2D eigenvalue weighted by Gasteiger charge is 2.27. The topological polar surface area (TPSA) is 74.8 Å². The van der Waals surface area contributed by atoms with Crippen molar-refractivity contribution in [3.63, 3.8) is 0 Å². The normalized spacial score (nSPS) is 16.7. The van der Waals surface area contributed by atoms with E-state index in [1.54, 1.807) is 12.1 Å². The fourth-order valence-electron chi connectivity index (χ4n) is 3.35. The van der Waals surface area contributed by atoms with E-state index in [9.17, 15) is 21.2 Å². The SMILES string of the molecule is O=S(=O)(CCCN1CCN(S(=O)(=O)Cc2ccccc2)CC1)c1ccc(F)cc1. The van der Waals surface area contributed by atoms with E-state index in [1.807, 2.05) is 18.2 Å². The van der Waals surface area contributed by atoms with E-state index in [2.05, 4.69) is 4.90 Å². The third-order valence-electron chi connectivity index (χ3n) is 4.98. The maximum absolute atomic E-state index is 13.0. The smallest absolute Gasteiger partial charge is 0.218 e. The molecule has 0 aromatic heterocycles. The average Bonchev–Trinajstić information content (AvgIpc) is 2.69. The van der Waals surface area contributed by atoms with Gasteiger partial charge in [-0.25, -0.2) is 21.2 Å². The summed E-state index contributed by atoms with van der Waals surface area (Å²) in [6.07, 6.45) is 0.441. The van der Waals surface area contributed by atoms with Gasteiger partial charge in [-0.05, 0) is 42.8 Å². The monoisotopic (exact) mass is 440 g/mol. The van der Waals surface area contributed by atoms with Gasteiger partial charge >= 0.3 is 0 Å². The molecule has 0 spiro atoms. The molecule has 0 amide bonds. The molecule has 2 aromatic rings. The summed E-state index contributed by atoms with van der Waals surface area (Å²) in [5.41, 5.74) is 0.765. The van der Waals surface area contributed by atoms with Gasteiger partial charge in [-0.2, -0.15) is 4.31 Å². The molecular weight excluding hydrogens is 415 g/mol. The maximum Gasteiger partial charge on any atom is 0.218 e. The summed E-state index contributed by atoms with van der Waals surface area (Å²) >= 11 is 0. The lowest BCUT2D eigenvalue weighted by Crippen LogP contribution is -2.49. The first-order chi connectivity index (χ1) is 13.8. The average molecular weight is 441 g/mol. The Morgan fingerprint density at radius 2 is 1.45 bits per heavy atom. The van der Waals surface area contributed by atoms with E-state index in [-0.39, 0.29) is 16.4 Å². The molecule has 0 bridgehead atoms. The highest BCUT2D eigenvalue weighted by Crippen LogP contribution is 2.15. The summed E-state index contributed by atoms with van der Waals surface area (Å²) in [6, 6.07) is 13.9. The van der Waals surface area contributed by atoms with Crippen molar-refractivity contribution >= 4 is 19.9 Å². The zero-order valence-corrected chi connectivity index (χ0v) is 17.7. The first kappa shape index (κ1) is 21.9. The fourth-order valence-corrected chi connectivity index (χ4v) is 6.16. The number of hydrogen-bond donors (Lipinski definition) is 0. The minimum atomic E-state index is -3.45. The van der Waals surface area contributed by atoms with Gasteiger partial charge in [0.25, 0.3) is 0 Å². The third kappa shape index (κ3) is 6.08. The second-order valence-corrected chi connectivity index (χ2v) is 11.2. The number of benzene rings is 2. The molecule has 0 unspecified atom stereocenters. The molecule has 3 rings (SSSR count). The zero-order valence-electron chi connectivity index (χ0n) is 16.1. The van der Waals surface area contributed by atoms with Crippen LogP contribution in [0.4, 0.5) is 4.39 Å². The Morgan fingerprint density at radius 3 is 2.07 bits per heavy atom. The van der Waals surface area contributed by atoms with Crippen LogP contribution in [0.25, 0.3) is 0 Å². The number of hydrogen-bond acceptors (Lipinski definition) is 5. The number of sulfonamides is 1. The van der Waals surface area contributed by atoms with E-state index in [0.717, 1.165) is 17.7 Å².